The zero-order valence-electron chi connectivity index (χ0n) is 10.4. The number of rotatable bonds is 3. The summed E-state index contributed by atoms with van der Waals surface area (Å²) in [6.45, 7) is 0.524. The number of halogens is 3. The molecule has 0 bridgehead atoms. The van der Waals surface area contributed by atoms with Crippen LogP contribution in [0.2, 0.25) is 0 Å². The van der Waals surface area contributed by atoms with Crippen LogP contribution in [0, 0.1) is 5.92 Å². The fourth-order valence-electron chi connectivity index (χ4n) is 3.39. The summed E-state index contributed by atoms with van der Waals surface area (Å²) in [5.41, 5.74) is 1.99. The minimum absolute atomic E-state index is 0.210. The van der Waals surface area contributed by atoms with Gasteiger partial charge in [0.1, 0.15) is 6.04 Å². The monoisotopic (exact) mass is 282 g/mol. The highest BCUT2D eigenvalue weighted by Crippen LogP contribution is 2.44. The van der Waals surface area contributed by atoms with Gasteiger partial charge in [0.15, 0.2) is 0 Å². The van der Waals surface area contributed by atoms with Crippen LogP contribution in [-0.2, 0) is 4.74 Å². The fraction of sp³-hybridized carbons (Fsp3) is 1.00. The number of hydrogen-bond donors (Lipinski definition) is 2. The molecular formula is C12H21ClF2N2O. The Balaban J connectivity index is 2.05. The van der Waals surface area contributed by atoms with Crippen LogP contribution in [-0.4, -0.2) is 23.6 Å². The van der Waals surface area contributed by atoms with Crippen LogP contribution < -0.4 is 11.3 Å². The van der Waals surface area contributed by atoms with Crippen molar-refractivity contribution in [3.63, 3.8) is 0 Å². The number of nitrogens with one attached hydrogen (secondary N) is 1. The molecule has 2 atom stereocenters. The van der Waals surface area contributed by atoms with E-state index in [1.165, 1.54) is 6.42 Å². The molecule has 0 aromatic carbocycles. The van der Waals surface area contributed by atoms with Crippen molar-refractivity contribution in [2.24, 2.45) is 11.8 Å². The third-order valence-electron chi connectivity index (χ3n) is 4.30. The lowest BCUT2D eigenvalue weighted by Crippen LogP contribution is -2.55. The molecule has 1 aliphatic carbocycles. The lowest BCUT2D eigenvalue weighted by atomic mass is 9.74. The van der Waals surface area contributed by atoms with Crippen molar-refractivity contribution >= 4 is 11.6 Å². The third-order valence-corrected chi connectivity index (χ3v) is 4.53. The first kappa shape index (κ1) is 14.4. The van der Waals surface area contributed by atoms with Crippen LogP contribution in [0.3, 0.4) is 0 Å². The molecule has 0 amide bonds. The van der Waals surface area contributed by atoms with E-state index < -0.39 is 11.4 Å². The lowest BCUT2D eigenvalue weighted by molar-refractivity contribution is -0.132. The summed E-state index contributed by atoms with van der Waals surface area (Å²) < 4.78 is 32.5. The van der Waals surface area contributed by atoms with Gasteiger partial charge in [-0.3, -0.25) is 5.84 Å². The largest absolute Gasteiger partial charge is 0.375 e. The van der Waals surface area contributed by atoms with Gasteiger partial charge in [0.2, 0.25) is 0 Å². The molecule has 1 heterocycles. The molecule has 6 heteroatoms. The highest BCUT2D eigenvalue weighted by atomic mass is 35.5. The van der Waals surface area contributed by atoms with Crippen LogP contribution in [0.25, 0.3) is 0 Å². The van der Waals surface area contributed by atoms with Gasteiger partial charge in [-0.25, -0.2) is 5.43 Å². The van der Waals surface area contributed by atoms with Crippen LogP contribution in [0.4, 0.5) is 8.78 Å². The number of alkyl halides is 3. The Morgan fingerprint density at radius 3 is 2.56 bits per heavy atom. The second-order valence-corrected chi connectivity index (χ2v) is 6.03. The number of hydrazine groups is 1. The zero-order valence-corrected chi connectivity index (χ0v) is 11.2. The van der Waals surface area contributed by atoms with E-state index in [1.54, 1.807) is 0 Å². The van der Waals surface area contributed by atoms with Gasteiger partial charge < -0.3 is 4.74 Å². The topological polar surface area (TPSA) is 47.3 Å². The smallest absolute Gasteiger partial charge is 0.338 e. The molecule has 0 radical (unpaired) electrons. The van der Waals surface area contributed by atoms with Crippen molar-refractivity contribution in [2.45, 2.75) is 62.0 Å². The van der Waals surface area contributed by atoms with E-state index in [4.69, 9.17) is 22.2 Å². The van der Waals surface area contributed by atoms with E-state index in [2.05, 4.69) is 5.43 Å². The molecule has 1 spiro atoms. The van der Waals surface area contributed by atoms with Crippen LogP contribution in [0.15, 0.2) is 0 Å². The first-order valence-corrected chi connectivity index (χ1v) is 7.01. The maximum absolute atomic E-state index is 13.3. The molecule has 18 heavy (non-hydrogen) atoms. The summed E-state index contributed by atoms with van der Waals surface area (Å²) in [5, 5.41) is -3.31. The van der Waals surface area contributed by atoms with Gasteiger partial charge in [-0.1, -0.05) is 19.3 Å². The maximum atomic E-state index is 13.3. The minimum atomic E-state index is -3.31. The Morgan fingerprint density at radius 1 is 1.33 bits per heavy atom. The highest BCUT2D eigenvalue weighted by molar-refractivity contribution is 6.22. The molecule has 2 unspecified atom stereocenters. The molecule has 2 aliphatic rings. The summed E-state index contributed by atoms with van der Waals surface area (Å²) >= 11 is 5.14. The third kappa shape index (κ3) is 3.13. The Kier molecular flexibility index (Phi) is 4.47. The summed E-state index contributed by atoms with van der Waals surface area (Å²) in [6.07, 6.45) is 6.59. The van der Waals surface area contributed by atoms with E-state index in [9.17, 15) is 8.78 Å². The zero-order chi connectivity index (χ0) is 13.2. The van der Waals surface area contributed by atoms with E-state index >= 15 is 0 Å². The van der Waals surface area contributed by atoms with Crippen LogP contribution >= 0.6 is 11.6 Å². The van der Waals surface area contributed by atoms with E-state index in [1.807, 2.05) is 0 Å². The Morgan fingerprint density at radius 2 is 2.00 bits per heavy atom. The number of ether oxygens (including phenoxy) is 1. The molecule has 3 nitrogen and oxygen atoms in total. The summed E-state index contributed by atoms with van der Waals surface area (Å²) in [6, 6.07) is -1.18. The molecule has 1 saturated carbocycles. The Hall–Kier alpha value is 0.0300. The molecule has 0 aromatic rings. The van der Waals surface area contributed by atoms with Crippen molar-refractivity contribution in [1.82, 2.24) is 5.43 Å². The van der Waals surface area contributed by atoms with Crippen LogP contribution in [0.1, 0.15) is 44.9 Å². The predicted molar refractivity (Wildman–Crippen MR) is 66.4 cm³/mol. The lowest BCUT2D eigenvalue weighted by Gasteiger charge is -2.45. The minimum Gasteiger partial charge on any atom is -0.375 e. The first-order valence-electron chi connectivity index (χ1n) is 6.64. The summed E-state index contributed by atoms with van der Waals surface area (Å²) in [5.74, 6) is 5.03. The average molecular weight is 283 g/mol. The van der Waals surface area contributed by atoms with Gasteiger partial charge in [0.25, 0.3) is 0 Å². The standard InChI is InChI=1S/C12H21ClF2N2O/c13-12(14,15)10(17-16)9-4-7-18-11(8-9)5-2-1-3-6-11/h9-10,17H,1-8,16H2. The van der Waals surface area contributed by atoms with E-state index in [0.29, 0.717) is 19.4 Å². The normalized spacial score (nSPS) is 30.3. The predicted octanol–water partition coefficient (Wildman–Crippen LogP) is 2.78. The molecule has 106 valence electrons. The van der Waals surface area contributed by atoms with Gasteiger partial charge in [0, 0.05) is 6.61 Å². The SMILES string of the molecule is NNC(C1CCOC2(CCCCC2)C1)C(F)(F)Cl. The fourth-order valence-corrected chi connectivity index (χ4v) is 3.63. The van der Waals surface area contributed by atoms with Gasteiger partial charge in [-0.2, -0.15) is 8.78 Å². The second kappa shape index (κ2) is 5.57. The quantitative estimate of drug-likeness (QED) is 0.475. The molecule has 2 rings (SSSR count). The van der Waals surface area contributed by atoms with Crippen molar-refractivity contribution in [2.75, 3.05) is 6.61 Å². The van der Waals surface area contributed by atoms with Crippen molar-refractivity contribution in [3.05, 3.63) is 0 Å². The molecule has 1 saturated heterocycles. The summed E-state index contributed by atoms with van der Waals surface area (Å²) in [7, 11) is 0. The van der Waals surface area contributed by atoms with Crippen molar-refractivity contribution < 1.29 is 13.5 Å². The van der Waals surface area contributed by atoms with Gasteiger partial charge >= 0.3 is 5.38 Å². The molecule has 1 aliphatic heterocycles. The Bertz CT molecular complexity index is 274. The van der Waals surface area contributed by atoms with E-state index in [-0.39, 0.29) is 11.5 Å². The van der Waals surface area contributed by atoms with Gasteiger partial charge in [-0.05, 0) is 43.2 Å². The highest BCUT2D eigenvalue weighted by Gasteiger charge is 2.47. The number of nitrogens with two attached hydrogens (primary N) is 1. The molecule has 2 fully saturated rings. The second-order valence-electron chi connectivity index (χ2n) is 5.53. The molecular weight excluding hydrogens is 262 g/mol. The van der Waals surface area contributed by atoms with Crippen molar-refractivity contribution in [1.29, 1.82) is 0 Å². The van der Waals surface area contributed by atoms with Gasteiger partial charge in [0.05, 0.1) is 5.60 Å². The van der Waals surface area contributed by atoms with Gasteiger partial charge in [-0.15, -0.1) is 0 Å². The average Bonchev–Trinajstić information content (AvgIpc) is 2.29. The summed E-state index contributed by atoms with van der Waals surface area (Å²) in [4.78, 5) is 0. The number of hydrogen-bond acceptors (Lipinski definition) is 3. The molecule has 0 aromatic heterocycles. The van der Waals surface area contributed by atoms with E-state index in [0.717, 1.165) is 25.7 Å². The first-order chi connectivity index (χ1) is 8.47. The maximum Gasteiger partial charge on any atom is 0.338 e. The Labute approximate surface area is 111 Å². The van der Waals surface area contributed by atoms with Crippen LogP contribution in [0.5, 0.6) is 0 Å². The molecule has 3 N–H and O–H groups in total. The van der Waals surface area contributed by atoms with Crippen molar-refractivity contribution in [3.8, 4) is 0 Å².